The van der Waals surface area contributed by atoms with E-state index < -0.39 is 0 Å². The predicted molar refractivity (Wildman–Crippen MR) is 75.0 cm³/mol. The maximum atomic E-state index is 6.28. The van der Waals surface area contributed by atoms with Gasteiger partial charge in [0.1, 0.15) is 0 Å². The number of rotatable bonds is 6. The zero-order chi connectivity index (χ0) is 13.9. The summed E-state index contributed by atoms with van der Waals surface area (Å²) in [5, 5.41) is 5.13. The van der Waals surface area contributed by atoms with Crippen molar-refractivity contribution in [1.82, 2.24) is 9.78 Å². The second kappa shape index (κ2) is 6.55. The van der Waals surface area contributed by atoms with Crippen LogP contribution in [0, 0.1) is 12.8 Å². The lowest BCUT2D eigenvalue weighted by Gasteiger charge is -2.26. The van der Waals surface area contributed by atoms with Gasteiger partial charge < -0.3 is 10.5 Å². The Labute approximate surface area is 114 Å². The number of nitrogens with zero attached hydrogens (tertiary/aromatic N) is 2. The zero-order valence-corrected chi connectivity index (χ0v) is 12.7. The molecule has 0 aliphatic carbocycles. The third-order valence-corrected chi connectivity index (χ3v) is 3.72. The largest absolute Gasteiger partial charge is 0.380 e. The minimum Gasteiger partial charge on any atom is -0.380 e. The lowest BCUT2D eigenvalue weighted by atomic mass is 9.96. The molecule has 0 spiro atoms. The highest BCUT2D eigenvalue weighted by molar-refractivity contribution is 6.31. The van der Waals surface area contributed by atoms with Crippen LogP contribution in [-0.2, 0) is 17.7 Å². The molecule has 4 nitrogen and oxygen atoms in total. The van der Waals surface area contributed by atoms with Crippen LogP contribution in [-0.4, -0.2) is 29.0 Å². The number of aromatic nitrogens is 2. The molecular formula is C13H24ClN3O. The molecule has 2 unspecified atom stereocenters. The fourth-order valence-electron chi connectivity index (χ4n) is 2.34. The van der Waals surface area contributed by atoms with Crippen molar-refractivity contribution >= 4 is 11.6 Å². The third-order valence-electron chi connectivity index (χ3n) is 3.23. The number of methoxy groups -OCH3 is 1. The molecule has 0 radical (unpaired) electrons. The summed E-state index contributed by atoms with van der Waals surface area (Å²) in [5.74, 6) is 0.378. The second-order valence-electron chi connectivity index (χ2n) is 4.97. The van der Waals surface area contributed by atoms with E-state index in [0.717, 1.165) is 23.0 Å². The Bertz CT molecular complexity index is 390. The number of ether oxygens (including phenoxy) is 1. The van der Waals surface area contributed by atoms with Crippen LogP contribution in [0.3, 0.4) is 0 Å². The molecule has 0 bridgehead atoms. The molecule has 1 aromatic rings. The molecule has 0 amide bonds. The van der Waals surface area contributed by atoms with E-state index in [0.29, 0.717) is 12.3 Å². The minimum atomic E-state index is -0.0751. The van der Waals surface area contributed by atoms with Gasteiger partial charge >= 0.3 is 0 Å². The monoisotopic (exact) mass is 273 g/mol. The van der Waals surface area contributed by atoms with Gasteiger partial charge in [0, 0.05) is 26.1 Å². The average Bonchev–Trinajstić information content (AvgIpc) is 2.57. The summed E-state index contributed by atoms with van der Waals surface area (Å²) in [6, 6.07) is -0.0751. The molecule has 5 heteroatoms. The van der Waals surface area contributed by atoms with E-state index in [4.69, 9.17) is 22.1 Å². The van der Waals surface area contributed by atoms with E-state index in [-0.39, 0.29) is 12.1 Å². The summed E-state index contributed by atoms with van der Waals surface area (Å²) >= 11 is 6.28. The summed E-state index contributed by atoms with van der Waals surface area (Å²) in [7, 11) is 1.70. The molecule has 0 aliphatic rings. The van der Waals surface area contributed by atoms with Crippen LogP contribution in [0.1, 0.15) is 32.2 Å². The van der Waals surface area contributed by atoms with Crippen LogP contribution in [0.15, 0.2) is 0 Å². The second-order valence-corrected chi connectivity index (χ2v) is 5.35. The summed E-state index contributed by atoms with van der Waals surface area (Å²) in [5.41, 5.74) is 8.11. The standard InChI is InChI=1S/C13H24ClN3O/c1-6-17-11(12(14)9(4)16-17)7-10(15)13(18-5)8(2)3/h8,10,13H,6-7,15H2,1-5H3. The van der Waals surface area contributed by atoms with Crippen LogP contribution in [0.2, 0.25) is 5.02 Å². The highest BCUT2D eigenvalue weighted by Gasteiger charge is 2.24. The fraction of sp³-hybridized carbons (Fsp3) is 0.769. The number of hydrogen-bond acceptors (Lipinski definition) is 3. The van der Waals surface area contributed by atoms with Crippen molar-refractivity contribution in [3.8, 4) is 0 Å². The van der Waals surface area contributed by atoms with Gasteiger partial charge in [-0.2, -0.15) is 5.10 Å². The minimum absolute atomic E-state index is 0.0292. The first-order chi connectivity index (χ1) is 8.42. The molecule has 0 saturated heterocycles. The van der Waals surface area contributed by atoms with E-state index in [1.54, 1.807) is 7.11 Å². The molecule has 1 rings (SSSR count). The fourth-order valence-corrected chi connectivity index (χ4v) is 2.56. The van der Waals surface area contributed by atoms with Crippen LogP contribution >= 0.6 is 11.6 Å². The Hall–Kier alpha value is -0.580. The van der Waals surface area contributed by atoms with Gasteiger partial charge in [-0.3, -0.25) is 4.68 Å². The zero-order valence-electron chi connectivity index (χ0n) is 11.9. The van der Waals surface area contributed by atoms with Crippen LogP contribution in [0.5, 0.6) is 0 Å². The van der Waals surface area contributed by atoms with Crippen molar-refractivity contribution in [1.29, 1.82) is 0 Å². The molecule has 104 valence electrons. The summed E-state index contributed by atoms with van der Waals surface area (Å²) in [4.78, 5) is 0. The summed E-state index contributed by atoms with van der Waals surface area (Å²) < 4.78 is 7.39. The Morgan fingerprint density at radius 1 is 1.44 bits per heavy atom. The van der Waals surface area contributed by atoms with Crippen LogP contribution in [0.4, 0.5) is 0 Å². The summed E-state index contributed by atoms with van der Waals surface area (Å²) in [6.07, 6.45) is 0.714. The normalized spacial score (nSPS) is 15.1. The van der Waals surface area contributed by atoms with Crippen molar-refractivity contribution < 1.29 is 4.74 Å². The first-order valence-electron chi connectivity index (χ1n) is 6.42. The van der Waals surface area contributed by atoms with Crippen molar-refractivity contribution in [2.24, 2.45) is 11.7 Å². The Morgan fingerprint density at radius 3 is 2.50 bits per heavy atom. The lowest BCUT2D eigenvalue weighted by Crippen LogP contribution is -2.41. The van der Waals surface area contributed by atoms with Crippen molar-refractivity contribution in [2.45, 2.75) is 52.8 Å². The Morgan fingerprint density at radius 2 is 2.06 bits per heavy atom. The summed E-state index contributed by atoms with van der Waals surface area (Å²) in [6.45, 7) is 8.98. The molecule has 0 fully saturated rings. The first-order valence-corrected chi connectivity index (χ1v) is 6.80. The van der Waals surface area contributed by atoms with Gasteiger partial charge in [0.15, 0.2) is 0 Å². The van der Waals surface area contributed by atoms with Gasteiger partial charge in [0.25, 0.3) is 0 Å². The van der Waals surface area contributed by atoms with E-state index in [1.807, 2.05) is 18.5 Å². The molecular weight excluding hydrogens is 250 g/mol. The SMILES string of the molecule is CCn1nc(C)c(Cl)c1CC(N)C(OC)C(C)C. The number of aryl methyl sites for hydroxylation is 2. The first kappa shape index (κ1) is 15.5. The maximum absolute atomic E-state index is 6.28. The van der Waals surface area contributed by atoms with Crippen molar-refractivity contribution in [3.05, 3.63) is 16.4 Å². The molecule has 0 aliphatic heterocycles. The molecule has 0 saturated carbocycles. The predicted octanol–water partition coefficient (Wildman–Crippen LogP) is 2.41. The topological polar surface area (TPSA) is 53.1 Å². The van der Waals surface area contributed by atoms with Crippen LogP contribution < -0.4 is 5.73 Å². The molecule has 1 heterocycles. The van der Waals surface area contributed by atoms with Gasteiger partial charge in [-0.05, 0) is 19.8 Å². The molecule has 2 atom stereocenters. The van der Waals surface area contributed by atoms with Gasteiger partial charge in [0.2, 0.25) is 0 Å². The van der Waals surface area contributed by atoms with E-state index in [2.05, 4.69) is 18.9 Å². The highest BCUT2D eigenvalue weighted by Crippen LogP contribution is 2.23. The molecule has 1 aromatic heterocycles. The van der Waals surface area contributed by atoms with E-state index >= 15 is 0 Å². The smallest absolute Gasteiger partial charge is 0.0847 e. The van der Waals surface area contributed by atoms with Crippen molar-refractivity contribution in [3.63, 3.8) is 0 Å². The molecule has 18 heavy (non-hydrogen) atoms. The van der Waals surface area contributed by atoms with Crippen molar-refractivity contribution in [2.75, 3.05) is 7.11 Å². The Kier molecular flexibility index (Phi) is 5.63. The Balaban J connectivity index is 2.90. The van der Waals surface area contributed by atoms with E-state index in [1.165, 1.54) is 0 Å². The molecule has 2 N–H and O–H groups in total. The van der Waals surface area contributed by atoms with Gasteiger partial charge in [-0.1, -0.05) is 25.4 Å². The number of halogens is 1. The van der Waals surface area contributed by atoms with E-state index in [9.17, 15) is 0 Å². The third kappa shape index (κ3) is 3.25. The average molecular weight is 274 g/mol. The molecule has 0 aromatic carbocycles. The van der Waals surface area contributed by atoms with Crippen LogP contribution in [0.25, 0.3) is 0 Å². The number of hydrogen-bond donors (Lipinski definition) is 1. The van der Waals surface area contributed by atoms with Gasteiger partial charge in [0.05, 0.1) is 22.5 Å². The van der Waals surface area contributed by atoms with Gasteiger partial charge in [-0.15, -0.1) is 0 Å². The quantitative estimate of drug-likeness (QED) is 0.866. The van der Waals surface area contributed by atoms with Gasteiger partial charge in [-0.25, -0.2) is 0 Å². The maximum Gasteiger partial charge on any atom is 0.0847 e. The highest BCUT2D eigenvalue weighted by atomic mass is 35.5. The number of nitrogens with two attached hydrogens (primary N) is 1. The lowest BCUT2D eigenvalue weighted by molar-refractivity contribution is 0.0436.